The number of benzene rings is 2. The predicted molar refractivity (Wildman–Crippen MR) is 106 cm³/mol. The van der Waals surface area contributed by atoms with Crippen LogP contribution in [-0.2, 0) is 0 Å². The molecule has 0 aliphatic carbocycles. The molecule has 1 atom stereocenters. The van der Waals surface area contributed by atoms with E-state index in [-0.39, 0.29) is 11.7 Å². The van der Waals surface area contributed by atoms with E-state index < -0.39 is 0 Å². The molecule has 0 spiro atoms. The largest absolute Gasteiger partial charge is 0.293 e. The van der Waals surface area contributed by atoms with Gasteiger partial charge in [0.15, 0.2) is 5.78 Å². The summed E-state index contributed by atoms with van der Waals surface area (Å²) in [6.07, 6.45) is 4.14. The molecule has 1 aliphatic rings. The molecule has 3 rings (SSSR count). The number of carbonyl (C=O) groups excluding carboxylic acids is 1. The summed E-state index contributed by atoms with van der Waals surface area (Å²) in [6, 6.07) is 17.8. The zero-order chi connectivity index (χ0) is 16.1. The first-order chi connectivity index (χ1) is 11.2. The second-order valence-corrected chi connectivity index (χ2v) is 8.99. The van der Waals surface area contributed by atoms with Gasteiger partial charge in [-0.25, -0.2) is 0 Å². The summed E-state index contributed by atoms with van der Waals surface area (Å²) in [4.78, 5) is 12.9. The van der Waals surface area contributed by atoms with Crippen molar-refractivity contribution >= 4 is 51.3 Å². The number of thioether (sulfide) groups is 2. The van der Waals surface area contributed by atoms with Crippen LogP contribution in [0.2, 0.25) is 0 Å². The predicted octanol–water partition coefficient (Wildman–Crippen LogP) is 5.77. The maximum Gasteiger partial charge on any atom is 0.171 e. The maximum atomic E-state index is 12.9. The summed E-state index contributed by atoms with van der Waals surface area (Å²) in [5.74, 6) is 2.38. The van der Waals surface area contributed by atoms with Crippen LogP contribution in [0.25, 0.3) is 6.08 Å². The number of hydrogen-bond acceptors (Lipinski definition) is 3. The summed E-state index contributed by atoms with van der Waals surface area (Å²) < 4.78 is 1.38. The van der Waals surface area contributed by atoms with Gasteiger partial charge in [0.25, 0.3) is 0 Å². The summed E-state index contributed by atoms with van der Waals surface area (Å²) >= 11 is 7.24. The summed E-state index contributed by atoms with van der Waals surface area (Å²) in [5.41, 5.74) is 1.91. The van der Waals surface area contributed by atoms with Crippen molar-refractivity contribution in [2.45, 2.75) is 4.58 Å². The van der Waals surface area contributed by atoms with Crippen molar-refractivity contribution in [2.24, 2.45) is 5.92 Å². The molecule has 0 N–H and O–H groups in total. The smallest absolute Gasteiger partial charge is 0.171 e. The molecule has 2 aromatic carbocycles. The quantitative estimate of drug-likeness (QED) is 0.588. The first-order valence-electron chi connectivity index (χ1n) is 7.50. The number of halogens is 1. The molecule has 0 radical (unpaired) electrons. The Hall–Kier alpha value is -0.970. The van der Waals surface area contributed by atoms with Crippen LogP contribution in [0.1, 0.15) is 15.9 Å². The van der Waals surface area contributed by atoms with Gasteiger partial charge in [-0.05, 0) is 17.7 Å². The number of hydrogen-bond donors (Lipinski definition) is 0. The second-order valence-electron chi connectivity index (χ2n) is 5.28. The fraction of sp³-hybridized carbons (Fsp3) is 0.211. The van der Waals surface area contributed by atoms with Crippen LogP contribution in [0.5, 0.6) is 0 Å². The van der Waals surface area contributed by atoms with Gasteiger partial charge < -0.3 is 0 Å². The number of carbonyl (C=O) groups is 1. The molecule has 0 aromatic heterocycles. The van der Waals surface area contributed by atoms with Gasteiger partial charge in [-0.1, -0.05) is 70.5 Å². The van der Waals surface area contributed by atoms with Crippen molar-refractivity contribution in [2.75, 3.05) is 11.5 Å². The zero-order valence-electron chi connectivity index (χ0n) is 12.5. The third-order valence-electron chi connectivity index (χ3n) is 3.67. The highest BCUT2D eigenvalue weighted by Gasteiger charge is 2.30. The second kappa shape index (κ2) is 8.22. The average molecular weight is 405 g/mol. The van der Waals surface area contributed by atoms with E-state index in [0.717, 1.165) is 27.1 Å². The standard InChI is InChI=1S/C19H17BrOS2/c20-16-9-6-14(7-10-16)8-11-17(19-22-12-13-23-19)18(21)15-4-2-1-3-5-15/h1-11,17,19H,12-13H2/b11-8+. The highest BCUT2D eigenvalue weighted by molar-refractivity contribution is 9.10. The van der Waals surface area contributed by atoms with Gasteiger partial charge in [-0.2, -0.15) is 0 Å². The molecule has 118 valence electrons. The maximum absolute atomic E-state index is 12.9. The van der Waals surface area contributed by atoms with Gasteiger partial charge >= 0.3 is 0 Å². The van der Waals surface area contributed by atoms with E-state index in [1.165, 1.54) is 0 Å². The lowest BCUT2D eigenvalue weighted by molar-refractivity contribution is 0.0952. The Kier molecular flexibility index (Phi) is 6.03. The highest BCUT2D eigenvalue weighted by Crippen LogP contribution is 2.39. The number of allylic oxidation sites excluding steroid dienone is 1. The molecule has 23 heavy (non-hydrogen) atoms. The molecular weight excluding hydrogens is 388 g/mol. The Balaban J connectivity index is 1.83. The summed E-state index contributed by atoms with van der Waals surface area (Å²) in [6.45, 7) is 0. The minimum absolute atomic E-state index is 0.0847. The molecule has 1 unspecified atom stereocenters. The Labute approximate surface area is 154 Å². The Morgan fingerprint density at radius 2 is 1.70 bits per heavy atom. The molecular formula is C19H17BrOS2. The summed E-state index contributed by atoms with van der Waals surface area (Å²) in [7, 11) is 0. The van der Waals surface area contributed by atoms with Crippen LogP contribution in [0, 0.1) is 5.92 Å². The third kappa shape index (κ3) is 4.52. The van der Waals surface area contributed by atoms with Gasteiger partial charge in [-0.15, -0.1) is 23.5 Å². The van der Waals surface area contributed by atoms with Crippen LogP contribution >= 0.6 is 39.5 Å². The normalized spacial score (nSPS) is 16.7. The van der Waals surface area contributed by atoms with E-state index in [1.54, 1.807) is 0 Å². The number of Topliss-reactive ketones (excluding diaryl/α,β-unsaturated/α-hetero) is 1. The van der Waals surface area contributed by atoms with E-state index >= 15 is 0 Å². The van der Waals surface area contributed by atoms with Crippen LogP contribution in [-0.4, -0.2) is 21.9 Å². The van der Waals surface area contributed by atoms with E-state index in [0.29, 0.717) is 4.58 Å². The van der Waals surface area contributed by atoms with E-state index in [2.05, 4.69) is 40.2 Å². The van der Waals surface area contributed by atoms with Gasteiger partial charge in [-0.3, -0.25) is 4.79 Å². The molecule has 4 heteroatoms. The van der Waals surface area contributed by atoms with Crippen LogP contribution < -0.4 is 0 Å². The number of rotatable bonds is 5. The van der Waals surface area contributed by atoms with Gasteiger partial charge in [0.05, 0.1) is 10.5 Å². The summed E-state index contributed by atoms with van der Waals surface area (Å²) in [5, 5.41) is 0. The molecule has 1 aliphatic heterocycles. The monoisotopic (exact) mass is 404 g/mol. The minimum Gasteiger partial charge on any atom is -0.293 e. The first-order valence-corrected chi connectivity index (χ1v) is 10.4. The van der Waals surface area contributed by atoms with Crippen molar-refractivity contribution in [3.8, 4) is 0 Å². The van der Waals surface area contributed by atoms with E-state index in [9.17, 15) is 4.79 Å². The topological polar surface area (TPSA) is 17.1 Å². The zero-order valence-corrected chi connectivity index (χ0v) is 15.7. The van der Waals surface area contributed by atoms with Crippen LogP contribution in [0.3, 0.4) is 0 Å². The Bertz CT molecular complexity index is 676. The van der Waals surface area contributed by atoms with Crippen molar-refractivity contribution in [3.63, 3.8) is 0 Å². The van der Waals surface area contributed by atoms with Gasteiger partial charge in [0, 0.05) is 21.5 Å². The van der Waals surface area contributed by atoms with Crippen LogP contribution in [0.4, 0.5) is 0 Å². The third-order valence-corrected chi connectivity index (χ3v) is 7.39. The highest BCUT2D eigenvalue weighted by atomic mass is 79.9. The lowest BCUT2D eigenvalue weighted by Gasteiger charge is -2.17. The Morgan fingerprint density at radius 1 is 1.04 bits per heavy atom. The molecule has 0 bridgehead atoms. The van der Waals surface area contributed by atoms with Crippen molar-refractivity contribution in [1.82, 2.24) is 0 Å². The SMILES string of the molecule is O=C(c1ccccc1)C(/C=C/c1ccc(Br)cc1)C1SCCS1. The lowest BCUT2D eigenvalue weighted by atomic mass is 9.98. The van der Waals surface area contributed by atoms with Gasteiger partial charge in [0.2, 0.25) is 0 Å². The minimum atomic E-state index is -0.0847. The van der Waals surface area contributed by atoms with Crippen LogP contribution in [0.15, 0.2) is 65.1 Å². The molecule has 0 amide bonds. The molecule has 1 fully saturated rings. The Morgan fingerprint density at radius 3 is 2.35 bits per heavy atom. The lowest BCUT2D eigenvalue weighted by Crippen LogP contribution is -2.20. The first kappa shape index (κ1) is 16.9. The molecule has 1 nitrogen and oxygen atoms in total. The van der Waals surface area contributed by atoms with Gasteiger partial charge in [0.1, 0.15) is 0 Å². The van der Waals surface area contributed by atoms with E-state index in [4.69, 9.17) is 0 Å². The molecule has 2 aromatic rings. The van der Waals surface area contributed by atoms with E-state index in [1.807, 2.05) is 66.0 Å². The molecule has 1 saturated heterocycles. The average Bonchev–Trinajstić information content (AvgIpc) is 3.12. The fourth-order valence-electron chi connectivity index (χ4n) is 2.47. The van der Waals surface area contributed by atoms with Crippen molar-refractivity contribution in [3.05, 3.63) is 76.3 Å². The molecule has 0 saturated carbocycles. The number of ketones is 1. The van der Waals surface area contributed by atoms with Crippen molar-refractivity contribution < 1.29 is 4.79 Å². The fourth-order valence-corrected chi connectivity index (χ4v) is 5.77. The van der Waals surface area contributed by atoms with Crippen molar-refractivity contribution in [1.29, 1.82) is 0 Å². The molecule has 1 heterocycles.